The van der Waals surface area contributed by atoms with E-state index in [1.54, 1.807) is 6.07 Å². The molecule has 22 heavy (non-hydrogen) atoms. The Hall–Kier alpha value is -1.57. The molecule has 0 N–H and O–H groups in total. The van der Waals surface area contributed by atoms with Crippen molar-refractivity contribution >= 4 is 5.91 Å². The predicted octanol–water partition coefficient (Wildman–Crippen LogP) is -0.106. The molecule has 0 spiro atoms. The number of hydrogen-bond donors (Lipinski definition) is 0. The summed E-state index contributed by atoms with van der Waals surface area (Å²) >= 11 is 0. The second kappa shape index (κ2) is 6.68. The van der Waals surface area contributed by atoms with Crippen molar-refractivity contribution in [2.24, 2.45) is 5.92 Å². The van der Waals surface area contributed by atoms with Crippen molar-refractivity contribution < 1.29 is 14.3 Å². The number of aromatic nitrogens is 2. The van der Waals surface area contributed by atoms with Gasteiger partial charge in [-0.3, -0.25) is 4.79 Å². The van der Waals surface area contributed by atoms with Crippen molar-refractivity contribution in [2.45, 2.75) is 12.1 Å². The first-order chi connectivity index (χ1) is 10.7. The first-order valence-electron chi connectivity index (χ1n) is 7.58. The Morgan fingerprint density at radius 2 is 2.32 bits per heavy atom. The molecule has 2 saturated heterocycles. The van der Waals surface area contributed by atoms with Gasteiger partial charge >= 0.3 is 0 Å². The summed E-state index contributed by atoms with van der Waals surface area (Å²) in [6.07, 6.45) is 3.09. The zero-order valence-corrected chi connectivity index (χ0v) is 13.0. The summed E-state index contributed by atoms with van der Waals surface area (Å²) in [7, 11) is 4.04. The zero-order valence-electron chi connectivity index (χ0n) is 13.0. The number of carbonyl (C=O) groups excluding carboxylic acids is 1. The maximum absolute atomic E-state index is 12.7. The number of likely N-dealkylation sites (tertiary alicyclic amines) is 1. The van der Waals surface area contributed by atoms with Crippen LogP contribution in [-0.2, 0) is 9.47 Å². The highest BCUT2D eigenvalue weighted by atomic mass is 16.5. The largest absolute Gasteiger partial charge is 0.379 e. The standard InChI is InChI=1S/C15H22N4O3/c1-18(2)5-6-22-14-8-19(13-10-21-9-12(13)14)15(20)11-3-4-16-17-7-11/h3-4,7,12-14H,5-6,8-10H2,1-2H3/t12-,13+,14-/m0/s1. The highest BCUT2D eigenvalue weighted by Crippen LogP contribution is 2.33. The van der Waals surface area contributed by atoms with E-state index in [1.165, 1.54) is 12.4 Å². The highest BCUT2D eigenvalue weighted by molar-refractivity contribution is 5.94. The lowest BCUT2D eigenvalue weighted by atomic mass is 10.0. The molecule has 2 aliphatic rings. The molecule has 0 aromatic carbocycles. The van der Waals surface area contributed by atoms with Crippen molar-refractivity contribution in [1.82, 2.24) is 20.0 Å². The van der Waals surface area contributed by atoms with Crippen molar-refractivity contribution in [2.75, 3.05) is 47.0 Å². The van der Waals surface area contributed by atoms with E-state index in [9.17, 15) is 4.79 Å². The fourth-order valence-corrected chi connectivity index (χ4v) is 3.08. The summed E-state index contributed by atoms with van der Waals surface area (Å²) in [6, 6.07) is 1.80. The Bertz CT molecular complexity index is 511. The van der Waals surface area contributed by atoms with Crippen LogP contribution in [0.4, 0.5) is 0 Å². The summed E-state index contributed by atoms with van der Waals surface area (Å²) in [4.78, 5) is 16.6. The van der Waals surface area contributed by atoms with E-state index in [4.69, 9.17) is 9.47 Å². The van der Waals surface area contributed by atoms with E-state index in [-0.39, 0.29) is 24.0 Å². The van der Waals surface area contributed by atoms with E-state index in [2.05, 4.69) is 15.1 Å². The second-order valence-electron chi connectivity index (χ2n) is 6.07. The Morgan fingerprint density at radius 3 is 3.05 bits per heavy atom. The minimum atomic E-state index is -0.0193. The number of likely N-dealkylation sites (N-methyl/N-ethyl adjacent to an activating group) is 1. The lowest BCUT2D eigenvalue weighted by Crippen LogP contribution is -2.38. The molecule has 3 rings (SSSR count). The van der Waals surface area contributed by atoms with Crippen molar-refractivity contribution in [1.29, 1.82) is 0 Å². The number of ether oxygens (including phenoxy) is 2. The minimum Gasteiger partial charge on any atom is -0.379 e. The van der Waals surface area contributed by atoms with Crippen LogP contribution in [0.15, 0.2) is 18.5 Å². The first-order valence-corrected chi connectivity index (χ1v) is 7.58. The van der Waals surface area contributed by atoms with Crippen LogP contribution in [0.1, 0.15) is 10.4 Å². The molecule has 7 nitrogen and oxygen atoms in total. The Morgan fingerprint density at radius 1 is 1.45 bits per heavy atom. The van der Waals surface area contributed by atoms with E-state index in [0.717, 1.165) is 6.54 Å². The van der Waals surface area contributed by atoms with Gasteiger partial charge in [-0.25, -0.2) is 0 Å². The van der Waals surface area contributed by atoms with E-state index < -0.39 is 0 Å². The van der Waals surface area contributed by atoms with Crippen LogP contribution in [0.25, 0.3) is 0 Å². The fraction of sp³-hybridized carbons (Fsp3) is 0.667. The van der Waals surface area contributed by atoms with Crippen LogP contribution in [0.3, 0.4) is 0 Å². The van der Waals surface area contributed by atoms with Crippen molar-refractivity contribution in [3.8, 4) is 0 Å². The van der Waals surface area contributed by atoms with Gasteiger partial charge in [0.1, 0.15) is 0 Å². The van der Waals surface area contributed by atoms with E-state index in [0.29, 0.717) is 31.9 Å². The van der Waals surface area contributed by atoms with Gasteiger partial charge in [-0.2, -0.15) is 10.2 Å². The van der Waals surface area contributed by atoms with Crippen LogP contribution in [-0.4, -0.2) is 85.1 Å². The van der Waals surface area contributed by atoms with Crippen molar-refractivity contribution in [3.05, 3.63) is 24.0 Å². The third kappa shape index (κ3) is 3.11. The first kappa shape index (κ1) is 15.3. The van der Waals surface area contributed by atoms with E-state index in [1.807, 2.05) is 19.0 Å². The number of hydrogen-bond acceptors (Lipinski definition) is 6. The fourth-order valence-electron chi connectivity index (χ4n) is 3.08. The van der Waals surface area contributed by atoms with Crippen LogP contribution in [0, 0.1) is 5.92 Å². The summed E-state index contributed by atoms with van der Waals surface area (Å²) < 4.78 is 11.6. The van der Waals surface area contributed by atoms with Gasteiger partial charge in [-0.1, -0.05) is 0 Å². The summed E-state index contributed by atoms with van der Waals surface area (Å²) in [5.41, 5.74) is 0.564. The highest BCUT2D eigenvalue weighted by Gasteiger charge is 2.48. The Labute approximate surface area is 130 Å². The Balaban J connectivity index is 1.67. The lowest BCUT2D eigenvalue weighted by Gasteiger charge is -2.22. The molecule has 0 unspecified atom stereocenters. The van der Waals surface area contributed by atoms with Crippen LogP contribution < -0.4 is 0 Å². The summed E-state index contributed by atoms with van der Waals surface area (Å²) in [6.45, 7) is 3.40. The van der Waals surface area contributed by atoms with Crippen molar-refractivity contribution in [3.63, 3.8) is 0 Å². The van der Waals surface area contributed by atoms with Crippen LogP contribution in [0.5, 0.6) is 0 Å². The molecular weight excluding hydrogens is 284 g/mol. The molecule has 1 aromatic rings. The molecule has 0 saturated carbocycles. The number of carbonyl (C=O) groups is 1. The molecule has 120 valence electrons. The summed E-state index contributed by atoms with van der Waals surface area (Å²) in [5, 5.41) is 7.50. The van der Waals surface area contributed by atoms with Gasteiger partial charge in [-0.05, 0) is 20.2 Å². The van der Waals surface area contributed by atoms with E-state index >= 15 is 0 Å². The second-order valence-corrected chi connectivity index (χ2v) is 6.07. The minimum absolute atomic E-state index is 0.0193. The normalized spacial score (nSPS) is 27.4. The predicted molar refractivity (Wildman–Crippen MR) is 79.5 cm³/mol. The molecule has 3 heterocycles. The third-order valence-electron chi connectivity index (χ3n) is 4.31. The molecule has 7 heteroatoms. The number of rotatable bonds is 5. The SMILES string of the molecule is CN(C)CCO[C@H]1CN(C(=O)c2ccnnc2)[C@@H]2COC[C@H]12. The van der Waals surface area contributed by atoms with Gasteiger partial charge < -0.3 is 19.3 Å². The number of fused-ring (bicyclic) bond motifs is 1. The third-order valence-corrected chi connectivity index (χ3v) is 4.31. The number of nitrogens with zero attached hydrogens (tertiary/aromatic N) is 4. The zero-order chi connectivity index (χ0) is 15.5. The molecule has 2 aliphatic heterocycles. The molecule has 2 fully saturated rings. The van der Waals surface area contributed by atoms with Gasteiger partial charge in [-0.15, -0.1) is 0 Å². The van der Waals surface area contributed by atoms with Gasteiger partial charge in [0.15, 0.2) is 0 Å². The topological polar surface area (TPSA) is 67.8 Å². The molecule has 0 aliphatic carbocycles. The maximum Gasteiger partial charge on any atom is 0.255 e. The molecule has 0 radical (unpaired) electrons. The molecule has 1 amide bonds. The van der Waals surface area contributed by atoms with Crippen LogP contribution >= 0.6 is 0 Å². The molecular formula is C15H22N4O3. The average Bonchev–Trinajstić information content (AvgIpc) is 3.10. The maximum atomic E-state index is 12.7. The van der Waals surface area contributed by atoms with Gasteiger partial charge in [0, 0.05) is 19.0 Å². The lowest BCUT2D eigenvalue weighted by molar-refractivity contribution is 0.0136. The molecule has 1 aromatic heterocycles. The van der Waals surface area contributed by atoms with Gasteiger partial charge in [0.05, 0.1) is 49.9 Å². The van der Waals surface area contributed by atoms with Gasteiger partial charge in [0.2, 0.25) is 0 Å². The smallest absolute Gasteiger partial charge is 0.255 e. The molecule has 0 bridgehead atoms. The summed E-state index contributed by atoms with van der Waals surface area (Å²) in [5.74, 6) is 0.245. The molecule has 3 atom stereocenters. The van der Waals surface area contributed by atoms with Crippen LogP contribution in [0.2, 0.25) is 0 Å². The van der Waals surface area contributed by atoms with Gasteiger partial charge in [0.25, 0.3) is 5.91 Å². The Kier molecular flexibility index (Phi) is 4.66. The number of amides is 1. The average molecular weight is 306 g/mol. The quantitative estimate of drug-likeness (QED) is 0.756. The monoisotopic (exact) mass is 306 g/mol.